The van der Waals surface area contributed by atoms with Crippen molar-refractivity contribution in [2.75, 3.05) is 0 Å². The SMILES string of the molecule is CCCCCCCCCCCC[Si](C)(C)CCCC1(C)C=CC(S(=O)(=O)O)=CC1. The zero-order chi connectivity index (χ0) is 21.8. The van der Waals surface area contributed by atoms with Gasteiger partial charge in [-0.3, -0.25) is 4.55 Å². The van der Waals surface area contributed by atoms with Crippen LogP contribution in [0.15, 0.2) is 23.1 Å². The molecule has 0 aromatic heterocycles. The predicted octanol–water partition coefficient (Wildman–Crippen LogP) is 8.13. The number of allylic oxidation sites excluding steroid dienone is 3. The first-order valence-corrected chi connectivity index (χ1v) is 16.8. The average molecular weight is 443 g/mol. The van der Waals surface area contributed by atoms with E-state index in [9.17, 15) is 8.42 Å². The normalized spacial score (nSPS) is 20.1. The number of hydrogen-bond donors (Lipinski definition) is 1. The van der Waals surface area contributed by atoms with Gasteiger partial charge in [0, 0.05) is 8.07 Å². The van der Waals surface area contributed by atoms with Gasteiger partial charge in [-0.15, -0.1) is 0 Å². The Bertz CT molecular complexity index is 622. The molecule has 0 radical (unpaired) electrons. The Morgan fingerprint density at radius 3 is 1.93 bits per heavy atom. The zero-order valence-electron chi connectivity index (χ0n) is 19.5. The molecule has 0 fully saturated rings. The molecule has 5 heteroatoms. The van der Waals surface area contributed by atoms with Crippen molar-refractivity contribution in [2.45, 2.75) is 123 Å². The van der Waals surface area contributed by atoms with Crippen molar-refractivity contribution in [1.82, 2.24) is 0 Å². The molecule has 0 spiro atoms. The van der Waals surface area contributed by atoms with Gasteiger partial charge in [0.15, 0.2) is 0 Å². The Labute approximate surface area is 182 Å². The van der Waals surface area contributed by atoms with Crippen molar-refractivity contribution in [1.29, 1.82) is 0 Å². The lowest BCUT2D eigenvalue weighted by Crippen LogP contribution is -2.26. The van der Waals surface area contributed by atoms with Crippen LogP contribution in [0.3, 0.4) is 0 Å². The maximum Gasteiger partial charge on any atom is 0.294 e. The Hall–Kier alpha value is -0.393. The highest BCUT2D eigenvalue weighted by Crippen LogP contribution is 2.36. The largest absolute Gasteiger partial charge is 0.294 e. The van der Waals surface area contributed by atoms with E-state index in [-0.39, 0.29) is 10.3 Å². The summed E-state index contributed by atoms with van der Waals surface area (Å²) in [6.45, 7) is 9.52. The molecule has 3 nitrogen and oxygen atoms in total. The molecule has 0 aromatic rings. The van der Waals surface area contributed by atoms with Crippen LogP contribution in [-0.4, -0.2) is 21.0 Å². The molecule has 0 aliphatic heterocycles. The van der Waals surface area contributed by atoms with Crippen LogP contribution in [0.4, 0.5) is 0 Å². The second-order valence-electron chi connectivity index (χ2n) is 10.2. The molecule has 1 atom stereocenters. The minimum atomic E-state index is -4.06. The van der Waals surface area contributed by atoms with Gasteiger partial charge >= 0.3 is 0 Å². The highest BCUT2D eigenvalue weighted by atomic mass is 32.2. The molecule has 0 aromatic carbocycles. The third kappa shape index (κ3) is 12.1. The molecule has 1 rings (SSSR count). The quantitative estimate of drug-likeness (QED) is 0.149. The molecule has 170 valence electrons. The summed E-state index contributed by atoms with van der Waals surface area (Å²) in [6.07, 6.45) is 22.3. The standard InChI is InChI=1S/C24H46O3SSi/c1-5-6-7-8-9-10-11-12-13-14-21-29(3,4)22-15-18-24(2)19-16-23(17-20-24)28(25,26)27/h16-17,19H,5-15,18,20-22H2,1-4H3,(H,25,26,27). The number of hydrogen-bond acceptors (Lipinski definition) is 2. The molecule has 0 heterocycles. The monoisotopic (exact) mass is 442 g/mol. The summed E-state index contributed by atoms with van der Waals surface area (Å²) >= 11 is 0. The Kier molecular flexibility index (Phi) is 12.0. The van der Waals surface area contributed by atoms with Crippen LogP contribution in [-0.2, 0) is 10.1 Å². The lowest BCUT2D eigenvalue weighted by molar-refractivity contribution is 0.386. The molecule has 29 heavy (non-hydrogen) atoms. The van der Waals surface area contributed by atoms with E-state index < -0.39 is 18.2 Å². The van der Waals surface area contributed by atoms with Crippen molar-refractivity contribution in [2.24, 2.45) is 5.41 Å². The molecule has 1 N–H and O–H groups in total. The molecule has 0 bridgehead atoms. The van der Waals surface area contributed by atoms with Crippen molar-refractivity contribution >= 4 is 18.2 Å². The van der Waals surface area contributed by atoms with Gasteiger partial charge in [-0.05, 0) is 24.3 Å². The van der Waals surface area contributed by atoms with E-state index >= 15 is 0 Å². The van der Waals surface area contributed by atoms with Gasteiger partial charge in [-0.25, -0.2) is 0 Å². The van der Waals surface area contributed by atoms with Gasteiger partial charge in [0.25, 0.3) is 10.1 Å². The van der Waals surface area contributed by atoms with E-state index in [0.29, 0.717) is 6.42 Å². The van der Waals surface area contributed by atoms with Gasteiger partial charge in [-0.2, -0.15) is 8.42 Å². The van der Waals surface area contributed by atoms with Gasteiger partial charge in [0.2, 0.25) is 0 Å². The van der Waals surface area contributed by atoms with Gasteiger partial charge in [0.1, 0.15) is 0 Å². The average Bonchev–Trinajstić information content (AvgIpc) is 2.62. The van der Waals surface area contributed by atoms with Crippen LogP contribution in [0, 0.1) is 5.41 Å². The molecule has 1 unspecified atom stereocenters. The fourth-order valence-electron chi connectivity index (χ4n) is 4.32. The van der Waals surface area contributed by atoms with Crippen LogP contribution in [0.1, 0.15) is 97.3 Å². The fraction of sp³-hybridized carbons (Fsp3) is 0.833. The number of rotatable bonds is 16. The molecule has 1 aliphatic carbocycles. The summed E-state index contributed by atoms with van der Waals surface area (Å²) in [7, 11) is -5.19. The summed E-state index contributed by atoms with van der Waals surface area (Å²) < 4.78 is 31.6. The fourth-order valence-corrected chi connectivity index (χ4v) is 7.44. The van der Waals surface area contributed by atoms with Crippen molar-refractivity contribution in [3.05, 3.63) is 23.1 Å². The van der Waals surface area contributed by atoms with Crippen molar-refractivity contribution in [3.8, 4) is 0 Å². The third-order valence-corrected chi connectivity index (χ3v) is 10.8. The smallest absolute Gasteiger partial charge is 0.282 e. The maximum atomic E-state index is 11.2. The van der Waals surface area contributed by atoms with Gasteiger partial charge in [0.05, 0.1) is 4.91 Å². The van der Waals surface area contributed by atoms with Crippen molar-refractivity contribution < 1.29 is 13.0 Å². The minimum Gasteiger partial charge on any atom is -0.282 e. The summed E-state index contributed by atoms with van der Waals surface area (Å²) in [5, 5.41) is 0. The number of unbranched alkanes of at least 4 members (excludes halogenated alkanes) is 9. The molecule has 0 saturated carbocycles. The molecule has 0 saturated heterocycles. The van der Waals surface area contributed by atoms with Crippen LogP contribution in [0.2, 0.25) is 25.2 Å². The van der Waals surface area contributed by atoms with E-state index in [0.717, 1.165) is 6.42 Å². The van der Waals surface area contributed by atoms with E-state index in [1.807, 2.05) is 6.08 Å². The highest BCUT2D eigenvalue weighted by Gasteiger charge is 2.27. The maximum absolute atomic E-state index is 11.2. The predicted molar refractivity (Wildman–Crippen MR) is 130 cm³/mol. The van der Waals surface area contributed by atoms with Crippen LogP contribution in [0.5, 0.6) is 0 Å². The second-order valence-corrected chi connectivity index (χ2v) is 17.0. The van der Waals surface area contributed by atoms with Crippen LogP contribution < -0.4 is 0 Å². The first-order chi connectivity index (χ1) is 13.6. The second kappa shape index (κ2) is 13.1. The van der Waals surface area contributed by atoms with Gasteiger partial charge in [-0.1, -0.05) is 122 Å². The highest BCUT2D eigenvalue weighted by molar-refractivity contribution is 7.90. The minimum absolute atomic E-state index is 0.0236. The van der Waals surface area contributed by atoms with Crippen LogP contribution in [0.25, 0.3) is 0 Å². The summed E-state index contributed by atoms with van der Waals surface area (Å²) in [6, 6.07) is 2.78. The topological polar surface area (TPSA) is 54.4 Å². The molecular formula is C24H46O3SSi. The summed E-state index contributed by atoms with van der Waals surface area (Å²) in [4.78, 5) is 0.0469. The van der Waals surface area contributed by atoms with E-state index in [2.05, 4.69) is 26.9 Å². The Balaban J connectivity index is 2.13. The summed E-state index contributed by atoms with van der Waals surface area (Å²) in [5.74, 6) is 0. The van der Waals surface area contributed by atoms with Crippen molar-refractivity contribution in [3.63, 3.8) is 0 Å². The first kappa shape index (κ1) is 26.6. The summed E-state index contributed by atoms with van der Waals surface area (Å²) in [5.41, 5.74) is 0.0236. The molecule has 1 aliphatic rings. The van der Waals surface area contributed by atoms with E-state index in [1.165, 1.54) is 82.7 Å². The van der Waals surface area contributed by atoms with E-state index in [1.54, 1.807) is 12.2 Å². The Morgan fingerprint density at radius 1 is 0.931 bits per heavy atom. The van der Waals surface area contributed by atoms with Gasteiger partial charge < -0.3 is 0 Å². The lowest BCUT2D eigenvalue weighted by Gasteiger charge is -2.29. The first-order valence-electron chi connectivity index (χ1n) is 11.9. The van der Waals surface area contributed by atoms with E-state index in [4.69, 9.17) is 4.55 Å². The molecular weight excluding hydrogens is 396 g/mol. The van der Waals surface area contributed by atoms with Crippen LogP contribution >= 0.6 is 0 Å². The lowest BCUT2D eigenvalue weighted by atomic mass is 9.80. The molecule has 0 amide bonds. The Morgan fingerprint density at radius 2 is 1.45 bits per heavy atom. The third-order valence-electron chi connectivity index (χ3n) is 6.53. The zero-order valence-corrected chi connectivity index (χ0v) is 21.3.